The third-order valence-electron chi connectivity index (χ3n) is 5.27. The molecular formula is C31H32N2O2Ti. The molecule has 0 saturated heterocycles. The molecule has 0 aliphatic carbocycles. The van der Waals surface area contributed by atoms with Crippen molar-refractivity contribution in [2.75, 3.05) is 13.1 Å². The summed E-state index contributed by atoms with van der Waals surface area (Å²) in [6.45, 7) is 1.12. The van der Waals surface area contributed by atoms with Crippen LogP contribution in [0, 0.1) is 14.9 Å². The summed E-state index contributed by atoms with van der Waals surface area (Å²) in [4.78, 5) is 9.65. The maximum Gasteiger partial charge on any atom is 2.00 e. The van der Waals surface area contributed by atoms with E-state index in [4.69, 9.17) is 9.98 Å². The third-order valence-corrected chi connectivity index (χ3v) is 5.27. The molecule has 182 valence electrons. The Labute approximate surface area is 230 Å². The first kappa shape index (κ1) is 30.6. The topological polar surface area (TPSA) is 65.2 Å². The van der Waals surface area contributed by atoms with E-state index < -0.39 is 0 Å². The number of benzene rings is 4. The van der Waals surface area contributed by atoms with E-state index in [2.05, 4.69) is 0 Å². The molecule has 36 heavy (non-hydrogen) atoms. The number of hydrogen-bond donors (Lipinski definition) is 2. The molecule has 0 aromatic heterocycles. The van der Waals surface area contributed by atoms with Crippen molar-refractivity contribution in [2.45, 2.75) is 6.42 Å². The van der Waals surface area contributed by atoms with Crippen LogP contribution < -0.4 is 0 Å². The van der Waals surface area contributed by atoms with E-state index in [1.54, 1.807) is 24.3 Å². The number of nitrogens with zero attached hydrogens (tertiary/aromatic N) is 2. The van der Waals surface area contributed by atoms with Crippen LogP contribution in [0.1, 0.15) is 28.7 Å². The van der Waals surface area contributed by atoms with Gasteiger partial charge in [-0.05, 0) is 30.7 Å². The van der Waals surface area contributed by atoms with Gasteiger partial charge in [0, 0.05) is 35.3 Å². The zero-order chi connectivity index (χ0) is 22.9. The minimum atomic E-state index is 0. The normalized spacial score (nSPS) is 11.0. The van der Waals surface area contributed by atoms with Gasteiger partial charge >= 0.3 is 21.7 Å². The van der Waals surface area contributed by atoms with E-state index in [-0.39, 0.29) is 48.1 Å². The Morgan fingerprint density at radius 2 is 0.833 bits per heavy atom. The number of hydrogen-bond acceptors (Lipinski definition) is 4. The van der Waals surface area contributed by atoms with Gasteiger partial charge in [0.25, 0.3) is 0 Å². The Hall–Kier alpha value is -3.47. The van der Waals surface area contributed by atoms with Crippen LogP contribution >= 0.6 is 0 Å². The second kappa shape index (κ2) is 15.5. The molecule has 0 aliphatic rings. The summed E-state index contributed by atoms with van der Waals surface area (Å²) in [5.74, 6) is 0.424. The molecule has 0 heterocycles. The van der Waals surface area contributed by atoms with Gasteiger partial charge in [-0.2, -0.15) is 0 Å². The minimum Gasteiger partial charge on any atom is -0.507 e. The van der Waals surface area contributed by atoms with Crippen molar-refractivity contribution in [3.05, 3.63) is 146 Å². The molecule has 0 radical (unpaired) electrons. The van der Waals surface area contributed by atoms with Gasteiger partial charge in [-0.3, -0.25) is 9.98 Å². The number of rotatable bonds is 8. The molecule has 2 N–H and O–H groups in total. The van der Waals surface area contributed by atoms with Crippen LogP contribution in [-0.2, 0) is 21.7 Å². The van der Waals surface area contributed by atoms with Crippen molar-refractivity contribution in [1.82, 2.24) is 0 Å². The van der Waals surface area contributed by atoms with Crippen molar-refractivity contribution in [3.63, 3.8) is 0 Å². The quantitative estimate of drug-likeness (QED) is 0.119. The summed E-state index contributed by atoms with van der Waals surface area (Å²) in [5, 5.41) is 20.7. The number of phenols is 2. The van der Waals surface area contributed by atoms with E-state index >= 15 is 0 Å². The van der Waals surface area contributed by atoms with Crippen LogP contribution in [0.25, 0.3) is 0 Å². The molecule has 0 spiro atoms. The molecule has 0 bridgehead atoms. The van der Waals surface area contributed by atoms with Crippen LogP contribution in [0.4, 0.5) is 0 Å². The first-order valence-corrected chi connectivity index (χ1v) is 11.0. The summed E-state index contributed by atoms with van der Waals surface area (Å²) in [7, 11) is 0. The Morgan fingerprint density at radius 1 is 0.500 bits per heavy atom. The fraction of sp³-hybridized carbons (Fsp3) is 0.0968. The van der Waals surface area contributed by atoms with Crippen LogP contribution in [0.2, 0.25) is 0 Å². The minimum absolute atomic E-state index is 0. The molecule has 4 aromatic carbocycles. The Kier molecular flexibility index (Phi) is 13.2. The van der Waals surface area contributed by atoms with E-state index in [9.17, 15) is 10.2 Å². The zero-order valence-corrected chi connectivity index (χ0v) is 22.4. The fourth-order valence-corrected chi connectivity index (χ4v) is 3.66. The molecule has 5 heteroatoms. The van der Waals surface area contributed by atoms with Crippen molar-refractivity contribution in [3.8, 4) is 11.5 Å². The number of aromatic hydroxyl groups is 2. The summed E-state index contributed by atoms with van der Waals surface area (Å²) >= 11 is 0. The van der Waals surface area contributed by atoms with E-state index in [1.165, 1.54) is 0 Å². The van der Waals surface area contributed by atoms with E-state index in [0.717, 1.165) is 29.0 Å². The molecule has 0 atom stereocenters. The molecule has 0 saturated carbocycles. The fourth-order valence-electron chi connectivity index (χ4n) is 3.66. The van der Waals surface area contributed by atoms with Crippen molar-refractivity contribution >= 4 is 11.4 Å². The molecule has 0 amide bonds. The Morgan fingerprint density at radius 3 is 1.19 bits per heavy atom. The average Bonchev–Trinajstić information content (AvgIpc) is 2.86. The molecule has 0 fully saturated rings. The Bertz CT molecular complexity index is 1160. The van der Waals surface area contributed by atoms with Crippen molar-refractivity contribution in [1.29, 1.82) is 0 Å². The summed E-state index contributed by atoms with van der Waals surface area (Å²) < 4.78 is 0. The predicted molar refractivity (Wildman–Crippen MR) is 148 cm³/mol. The van der Waals surface area contributed by atoms with Crippen LogP contribution in [0.5, 0.6) is 11.5 Å². The monoisotopic (exact) mass is 512 g/mol. The first-order chi connectivity index (χ1) is 16.2. The molecule has 0 aliphatic heterocycles. The van der Waals surface area contributed by atoms with Gasteiger partial charge in [-0.1, -0.05) is 84.9 Å². The number of para-hydroxylation sites is 2. The third kappa shape index (κ3) is 7.77. The van der Waals surface area contributed by atoms with Gasteiger partial charge in [0.1, 0.15) is 11.5 Å². The van der Waals surface area contributed by atoms with Gasteiger partial charge in [-0.15, -0.1) is 0 Å². The van der Waals surface area contributed by atoms with Crippen molar-refractivity contribution < 1.29 is 31.9 Å². The molecule has 0 unspecified atom stereocenters. The number of aliphatic imine (C=N–C) groups is 2. The van der Waals surface area contributed by atoms with Crippen LogP contribution in [-0.4, -0.2) is 34.7 Å². The molecule has 4 aromatic rings. The van der Waals surface area contributed by atoms with Gasteiger partial charge in [0.05, 0.1) is 11.4 Å². The number of phenolic OH excluding ortho intramolecular Hbond substituents is 2. The second-order valence-electron chi connectivity index (χ2n) is 7.58. The predicted octanol–water partition coefficient (Wildman–Crippen LogP) is 6.76. The molecule has 4 nitrogen and oxygen atoms in total. The van der Waals surface area contributed by atoms with Gasteiger partial charge in [-0.25, -0.2) is 0 Å². The average molecular weight is 512 g/mol. The molecule has 4 rings (SSSR count). The zero-order valence-electron chi connectivity index (χ0n) is 20.8. The van der Waals surface area contributed by atoms with Gasteiger partial charge < -0.3 is 25.1 Å². The van der Waals surface area contributed by atoms with Crippen LogP contribution in [0.15, 0.2) is 119 Å². The summed E-state index contributed by atoms with van der Waals surface area (Å²) in [6.07, 6.45) is 0.730. The standard InChI is InChI=1S/C29H26N2O2.2CH3.Ti/c32-26-18-9-7-16-24(26)28(22-12-3-1-4-13-22)30-20-11-21-31-29(23-14-5-2-6-15-23)25-17-8-10-19-27(25)33;;;/h1-10,12-19,32-33H,11,20-21H2;2*1H3;/q;2*-1;+2. The smallest absolute Gasteiger partial charge is 0.507 e. The first-order valence-electron chi connectivity index (χ1n) is 11.0. The van der Waals surface area contributed by atoms with Crippen LogP contribution in [0.3, 0.4) is 0 Å². The maximum absolute atomic E-state index is 10.4. The maximum atomic E-state index is 10.4. The van der Waals surface area contributed by atoms with E-state index in [0.29, 0.717) is 24.2 Å². The SMILES string of the molecule is Oc1ccccc1C(=NCCCN=C(c1ccccc1)c1ccccc1O)c1ccccc1.[CH3-].[CH3-].[Ti+2]. The summed E-state index contributed by atoms with van der Waals surface area (Å²) in [6, 6.07) is 34.3. The van der Waals surface area contributed by atoms with Gasteiger partial charge in [0.15, 0.2) is 0 Å². The van der Waals surface area contributed by atoms with Gasteiger partial charge in [0.2, 0.25) is 0 Å². The van der Waals surface area contributed by atoms with Crippen molar-refractivity contribution in [2.24, 2.45) is 9.98 Å². The summed E-state index contributed by atoms with van der Waals surface area (Å²) in [5.41, 5.74) is 4.88. The largest absolute Gasteiger partial charge is 2.00 e. The van der Waals surface area contributed by atoms with E-state index in [1.807, 2.05) is 84.9 Å². The Balaban J connectivity index is 0.00000216. The second-order valence-corrected chi connectivity index (χ2v) is 7.58. The molecular weight excluding hydrogens is 480 g/mol.